The van der Waals surface area contributed by atoms with Crippen molar-refractivity contribution < 1.29 is 4.79 Å². The second-order valence-electron chi connectivity index (χ2n) is 3.65. The Labute approximate surface area is 81.5 Å². The molecule has 74 valence electrons. The molecule has 0 aromatic carbocycles. The third-order valence-electron chi connectivity index (χ3n) is 2.32. The molecule has 1 heteroatoms. The van der Waals surface area contributed by atoms with Crippen molar-refractivity contribution in [3.05, 3.63) is 23.8 Å². The van der Waals surface area contributed by atoms with E-state index in [1.165, 1.54) is 5.57 Å². The Morgan fingerprint density at radius 3 is 2.46 bits per heavy atom. The normalized spacial score (nSPS) is 17.4. The maximum atomic E-state index is 10.3. The van der Waals surface area contributed by atoms with Gasteiger partial charge in [-0.15, -0.1) is 0 Å². The zero-order valence-electron chi connectivity index (χ0n) is 9.08. The van der Waals surface area contributed by atoms with Crippen LogP contribution in [0.2, 0.25) is 0 Å². The molecule has 2 atom stereocenters. The molecule has 1 nitrogen and oxygen atoms in total. The molecule has 0 amide bonds. The summed E-state index contributed by atoms with van der Waals surface area (Å²) in [6.07, 6.45) is 7.99. The van der Waals surface area contributed by atoms with Gasteiger partial charge < -0.3 is 4.79 Å². The number of carbonyl (C=O) groups is 1. The van der Waals surface area contributed by atoms with Crippen LogP contribution in [0.4, 0.5) is 0 Å². The fourth-order valence-corrected chi connectivity index (χ4v) is 1.26. The Hall–Kier alpha value is -0.850. The van der Waals surface area contributed by atoms with Crippen LogP contribution in [0.25, 0.3) is 0 Å². The van der Waals surface area contributed by atoms with Gasteiger partial charge in [0.2, 0.25) is 0 Å². The maximum Gasteiger partial charge on any atom is 0.120 e. The molecule has 0 saturated carbocycles. The van der Waals surface area contributed by atoms with Crippen molar-refractivity contribution in [1.82, 2.24) is 0 Å². The average molecular weight is 180 g/mol. The van der Waals surface area contributed by atoms with E-state index in [0.717, 1.165) is 6.29 Å². The number of aldehydes is 1. The third kappa shape index (κ3) is 5.40. The van der Waals surface area contributed by atoms with E-state index < -0.39 is 0 Å². The first-order valence-corrected chi connectivity index (χ1v) is 4.86. The Morgan fingerprint density at radius 1 is 1.38 bits per heavy atom. The van der Waals surface area contributed by atoms with Gasteiger partial charge in [0, 0.05) is 6.42 Å². The minimum Gasteiger partial charge on any atom is -0.303 e. The van der Waals surface area contributed by atoms with Crippen LogP contribution >= 0.6 is 0 Å². The molecule has 0 N–H and O–H groups in total. The van der Waals surface area contributed by atoms with Crippen LogP contribution in [0.15, 0.2) is 23.8 Å². The van der Waals surface area contributed by atoms with Gasteiger partial charge in [-0.3, -0.25) is 0 Å². The topological polar surface area (TPSA) is 17.1 Å². The molecule has 0 heterocycles. The molecule has 0 aliphatic rings. The Bertz CT molecular complexity index is 201. The van der Waals surface area contributed by atoms with Crippen LogP contribution in [-0.2, 0) is 4.79 Å². The molecule has 0 spiro atoms. The highest BCUT2D eigenvalue weighted by Gasteiger charge is 2.08. The van der Waals surface area contributed by atoms with E-state index in [0.29, 0.717) is 18.3 Å². The van der Waals surface area contributed by atoms with Gasteiger partial charge in [0.25, 0.3) is 0 Å². The largest absolute Gasteiger partial charge is 0.303 e. The van der Waals surface area contributed by atoms with Crippen molar-refractivity contribution in [1.29, 1.82) is 0 Å². The van der Waals surface area contributed by atoms with Crippen molar-refractivity contribution in [3.63, 3.8) is 0 Å². The highest BCUT2D eigenvalue weighted by Crippen LogP contribution is 2.17. The summed E-state index contributed by atoms with van der Waals surface area (Å²) in [4.78, 5) is 10.3. The average Bonchev–Trinajstić information content (AvgIpc) is 2.05. The summed E-state index contributed by atoms with van der Waals surface area (Å²) in [6.45, 7) is 8.36. The summed E-state index contributed by atoms with van der Waals surface area (Å²) in [6, 6.07) is 0. The second kappa shape index (κ2) is 6.64. The van der Waals surface area contributed by atoms with Crippen molar-refractivity contribution in [3.8, 4) is 0 Å². The molecule has 0 radical (unpaired) electrons. The van der Waals surface area contributed by atoms with Gasteiger partial charge in [0.15, 0.2) is 0 Å². The molecule has 0 aliphatic carbocycles. The minimum absolute atomic E-state index is 0.442. The van der Waals surface area contributed by atoms with Crippen LogP contribution < -0.4 is 0 Å². The predicted molar refractivity (Wildman–Crippen MR) is 57.6 cm³/mol. The van der Waals surface area contributed by atoms with E-state index in [4.69, 9.17) is 0 Å². The van der Waals surface area contributed by atoms with Crippen LogP contribution in [0.3, 0.4) is 0 Å². The quantitative estimate of drug-likeness (QED) is 0.468. The summed E-state index contributed by atoms with van der Waals surface area (Å²) in [7, 11) is 0. The molecule has 0 fully saturated rings. The van der Waals surface area contributed by atoms with Crippen LogP contribution in [0.1, 0.15) is 34.1 Å². The first-order chi connectivity index (χ1) is 6.11. The fraction of sp³-hybridized carbons (Fsp3) is 0.583. The Kier molecular flexibility index (Phi) is 6.21. The van der Waals surface area contributed by atoms with E-state index in [1.807, 2.05) is 13.0 Å². The maximum absolute atomic E-state index is 10.3. The summed E-state index contributed by atoms with van der Waals surface area (Å²) < 4.78 is 0. The predicted octanol–water partition coefficient (Wildman–Crippen LogP) is 3.37. The number of hydrogen-bond donors (Lipinski definition) is 0. The second-order valence-corrected chi connectivity index (χ2v) is 3.65. The number of allylic oxidation sites excluding steroid dienone is 4. The smallest absolute Gasteiger partial charge is 0.120 e. The number of rotatable bonds is 5. The molecule has 0 aromatic rings. The van der Waals surface area contributed by atoms with Gasteiger partial charge in [0.05, 0.1) is 0 Å². The first-order valence-electron chi connectivity index (χ1n) is 4.86. The van der Waals surface area contributed by atoms with Gasteiger partial charge in [0.1, 0.15) is 6.29 Å². The molecule has 0 aromatic heterocycles. The summed E-state index contributed by atoms with van der Waals surface area (Å²) in [5.41, 5.74) is 1.27. The van der Waals surface area contributed by atoms with Crippen molar-refractivity contribution in [2.24, 2.45) is 11.8 Å². The highest BCUT2D eigenvalue weighted by atomic mass is 16.1. The van der Waals surface area contributed by atoms with Crippen LogP contribution in [-0.4, -0.2) is 6.29 Å². The molecule has 0 aliphatic heterocycles. The number of carbonyl (C=O) groups excluding carboxylic acids is 1. The zero-order valence-corrected chi connectivity index (χ0v) is 9.08. The summed E-state index contributed by atoms with van der Waals surface area (Å²) >= 11 is 0. The Balaban J connectivity index is 4.17. The van der Waals surface area contributed by atoms with Crippen LogP contribution in [0, 0.1) is 11.8 Å². The van der Waals surface area contributed by atoms with Gasteiger partial charge in [-0.25, -0.2) is 0 Å². The monoisotopic (exact) mass is 180 g/mol. The van der Waals surface area contributed by atoms with E-state index in [2.05, 4.69) is 32.9 Å². The number of hydrogen-bond acceptors (Lipinski definition) is 1. The molecule has 0 unspecified atom stereocenters. The first kappa shape index (κ1) is 12.2. The molecular weight excluding hydrogens is 160 g/mol. The highest BCUT2D eigenvalue weighted by molar-refractivity contribution is 5.49. The van der Waals surface area contributed by atoms with Gasteiger partial charge >= 0.3 is 0 Å². The SMILES string of the molecule is C/C=C\C(C)=C\[C@H](C)[C@@H](C)CC=O. The van der Waals surface area contributed by atoms with Gasteiger partial charge in [-0.1, -0.05) is 37.6 Å². The van der Waals surface area contributed by atoms with Crippen molar-refractivity contribution in [2.75, 3.05) is 0 Å². The Morgan fingerprint density at radius 2 is 2.00 bits per heavy atom. The van der Waals surface area contributed by atoms with Crippen molar-refractivity contribution >= 4 is 6.29 Å². The lowest BCUT2D eigenvalue weighted by molar-refractivity contribution is -0.108. The molecule has 0 rings (SSSR count). The lowest BCUT2D eigenvalue weighted by Gasteiger charge is -2.13. The van der Waals surface area contributed by atoms with Crippen LogP contribution in [0.5, 0.6) is 0 Å². The third-order valence-corrected chi connectivity index (χ3v) is 2.32. The van der Waals surface area contributed by atoms with Crippen molar-refractivity contribution in [2.45, 2.75) is 34.1 Å². The van der Waals surface area contributed by atoms with E-state index in [1.54, 1.807) is 0 Å². The van der Waals surface area contributed by atoms with Gasteiger partial charge in [-0.2, -0.15) is 0 Å². The minimum atomic E-state index is 0.442. The zero-order chi connectivity index (χ0) is 10.3. The summed E-state index contributed by atoms with van der Waals surface area (Å²) in [5.74, 6) is 0.916. The summed E-state index contributed by atoms with van der Waals surface area (Å²) in [5, 5.41) is 0. The fourth-order valence-electron chi connectivity index (χ4n) is 1.26. The lowest BCUT2D eigenvalue weighted by Crippen LogP contribution is -2.06. The molecular formula is C12H20O. The van der Waals surface area contributed by atoms with Gasteiger partial charge in [-0.05, 0) is 25.7 Å². The van der Waals surface area contributed by atoms with E-state index in [-0.39, 0.29) is 0 Å². The molecule has 13 heavy (non-hydrogen) atoms. The van der Waals surface area contributed by atoms with E-state index >= 15 is 0 Å². The molecule has 0 bridgehead atoms. The molecule has 0 saturated heterocycles. The standard InChI is InChI=1S/C12H20O/c1-5-6-10(2)9-12(4)11(3)7-8-13/h5-6,8-9,11-12H,7H2,1-4H3/b6-5-,10-9+/t11-,12-/m0/s1. The lowest BCUT2D eigenvalue weighted by atomic mass is 9.92. The van der Waals surface area contributed by atoms with E-state index in [9.17, 15) is 4.79 Å².